The molecule has 0 unspecified atom stereocenters. The van der Waals surface area contributed by atoms with Gasteiger partial charge in [-0.2, -0.15) is 0 Å². The summed E-state index contributed by atoms with van der Waals surface area (Å²) in [7, 11) is 0. The summed E-state index contributed by atoms with van der Waals surface area (Å²) in [5, 5.41) is 11.5. The molecule has 1 aliphatic heterocycles. The van der Waals surface area contributed by atoms with Crippen LogP contribution in [-0.2, 0) is 4.79 Å². The second-order valence-electron chi connectivity index (χ2n) is 3.63. The molecule has 0 saturated carbocycles. The minimum atomic E-state index is -0.423. The van der Waals surface area contributed by atoms with Crippen LogP contribution in [0.4, 0.5) is 4.79 Å². The second-order valence-corrected chi connectivity index (χ2v) is 5.50. The molecular formula is C12H10BrNO4S. The third-order valence-corrected chi connectivity index (χ3v) is 3.80. The quantitative estimate of drug-likeness (QED) is 0.825. The number of carbonyl (C=O) groups is 2. The molecule has 0 radical (unpaired) electrons. The van der Waals surface area contributed by atoms with E-state index in [-0.39, 0.29) is 5.75 Å². The van der Waals surface area contributed by atoms with Gasteiger partial charge in [0.15, 0.2) is 11.5 Å². The number of amides is 2. The SMILES string of the molecule is CCOc1cc(/C=C2\SC(=O)NC2=O)c(Br)cc1O. The molecule has 0 aromatic heterocycles. The molecule has 0 spiro atoms. The zero-order valence-corrected chi connectivity index (χ0v) is 12.3. The van der Waals surface area contributed by atoms with Crippen molar-refractivity contribution < 1.29 is 19.4 Å². The van der Waals surface area contributed by atoms with Gasteiger partial charge in [0.05, 0.1) is 11.5 Å². The number of phenolic OH excluding ortho intramolecular Hbond substituents is 1. The first-order valence-electron chi connectivity index (χ1n) is 5.41. The van der Waals surface area contributed by atoms with E-state index in [1.165, 1.54) is 6.07 Å². The van der Waals surface area contributed by atoms with E-state index in [4.69, 9.17) is 4.74 Å². The summed E-state index contributed by atoms with van der Waals surface area (Å²) in [6.07, 6.45) is 1.57. The molecule has 1 aromatic carbocycles. The number of halogens is 1. The van der Waals surface area contributed by atoms with E-state index < -0.39 is 11.1 Å². The molecule has 1 heterocycles. The van der Waals surface area contributed by atoms with Gasteiger partial charge in [0.25, 0.3) is 11.1 Å². The molecular weight excluding hydrogens is 334 g/mol. The highest BCUT2D eigenvalue weighted by Crippen LogP contribution is 2.35. The molecule has 1 aliphatic rings. The van der Waals surface area contributed by atoms with Gasteiger partial charge in [-0.1, -0.05) is 15.9 Å². The molecule has 1 aromatic rings. The number of imide groups is 1. The van der Waals surface area contributed by atoms with Gasteiger partial charge in [0.1, 0.15) is 0 Å². The number of carbonyl (C=O) groups excluding carboxylic acids is 2. The number of phenols is 1. The molecule has 0 bridgehead atoms. The van der Waals surface area contributed by atoms with Crippen molar-refractivity contribution in [2.75, 3.05) is 6.61 Å². The maximum absolute atomic E-state index is 11.5. The maximum Gasteiger partial charge on any atom is 0.290 e. The van der Waals surface area contributed by atoms with Crippen LogP contribution >= 0.6 is 27.7 Å². The molecule has 2 rings (SSSR count). The summed E-state index contributed by atoms with van der Waals surface area (Å²) in [5.41, 5.74) is 0.647. The fourth-order valence-electron chi connectivity index (χ4n) is 1.50. The molecule has 0 aliphatic carbocycles. The summed E-state index contributed by atoms with van der Waals surface area (Å²) in [6, 6.07) is 3.09. The fourth-order valence-corrected chi connectivity index (χ4v) is 2.62. The zero-order valence-electron chi connectivity index (χ0n) is 9.90. The van der Waals surface area contributed by atoms with E-state index in [0.717, 1.165) is 11.8 Å². The largest absolute Gasteiger partial charge is 0.504 e. The van der Waals surface area contributed by atoms with Crippen molar-refractivity contribution in [3.05, 3.63) is 27.1 Å². The summed E-state index contributed by atoms with van der Waals surface area (Å²) in [5.74, 6) is -0.0873. The number of hydrogen-bond donors (Lipinski definition) is 2. The topological polar surface area (TPSA) is 75.6 Å². The standard InChI is InChI=1S/C12H10BrNO4S/c1-2-18-9-3-6(7(13)5-8(9)15)4-10-11(16)14-12(17)19-10/h3-5,15H,2H2,1H3,(H,14,16,17)/b10-4-. The van der Waals surface area contributed by atoms with Gasteiger partial charge in [-0.3, -0.25) is 14.9 Å². The number of rotatable bonds is 3. The Hall–Kier alpha value is -1.47. The molecule has 2 amide bonds. The van der Waals surface area contributed by atoms with Crippen LogP contribution in [0.15, 0.2) is 21.5 Å². The van der Waals surface area contributed by atoms with Crippen LogP contribution in [0, 0.1) is 0 Å². The highest BCUT2D eigenvalue weighted by molar-refractivity contribution is 9.10. The first kappa shape index (κ1) is 14.0. The molecule has 5 nitrogen and oxygen atoms in total. The van der Waals surface area contributed by atoms with Gasteiger partial charge in [-0.05, 0) is 42.5 Å². The molecule has 1 fully saturated rings. The highest BCUT2D eigenvalue weighted by atomic mass is 79.9. The Kier molecular flexibility index (Phi) is 4.16. The minimum Gasteiger partial charge on any atom is -0.504 e. The van der Waals surface area contributed by atoms with Crippen LogP contribution in [0.25, 0.3) is 6.08 Å². The lowest BCUT2D eigenvalue weighted by Gasteiger charge is -2.08. The average molecular weight is 344 g/mol. The van der Waals surface area contributed by atoms with E-state index in [9.17, 15) is 14.7 Å². The van der Waals surface area contributed by atoms with Gasteiger partial charge in [0.2, 0.25) is 0 Å². The summed E-state index contributed by atoms with van der Waals surface area (Å²) in [6.45, 7) is 2.22. The zero-order chi connectivity index (χ0) is 14.0. The molecule has 19 heavy (non-hydrogen) atoms. The molecule has 1 saturated heterocycles. The lowest BCUT2D eigenvalue weighted by atomic mass is 10.2. The van der Waals surface area contributed by atoms with E-state index in [1.54, 1.807) is 19.1 Å². The number of benzene rings is 1. The van der Waals surface area contributed by atoms with E-state index in [1.807, 2.05) is 0 Å². The number of nitrogens with one attached hydrogen (secondary N) is 1. The van der Waals surface area contributed by atoms with Crippen LogP contribution in [0.5, 0.6) is 11.5 Å². The van der Waals surface area contributed by atoms with Gasteiger partial charge >= 0.3 is 0 Å². The van der Waals surface area contributed by atoms with Crippen molar-refractivity contribution in [3.8, 4) is 11.5 Å². The number of ether oxygens (including phenoxy) is 1. The lowest BCUT2D eigenvalue weighted by Crippen LogP contribution is -2.17. The summed E-state index contributed by atoms with van der Waals surface area (Å²) < 4.78 is 5.88. The van der Waals surface area contributed by atoms with Crippen LogP contribution in [0.1, 0.15) is 12.5 Å². The predicted octanol–water partition coefficient (Wildman–Crippen LogP) is 2.88. The predicted molar refractivity (Wildman–Crippen MR) is 76.1 cm³/mol. The monoisotopic (exact) mass is 343 g/mol. The van der Waals surface area contributed by atoms with Crippen LogP contribution < -0.4 is 10.1 Å². The van der Waals surface area contributed by atoms with Gasteiger partial charge in [-0.15, -0.1) is 0 Å². The Morgan fingerprint density at radius 3 is 2.79 bits per heavy atom. The van der Waals surface area contributed by atoms with E-state index >= 15 is 0 Å². The first-order valence-corrected chi connectivity index (χ1v) is 7.02. The molecule has 7 heteroatoms. The Labute approximate surface area is 122 Å². The lowest BCUT2D eigenvalue weighted by molar-refractivity contribution is -0.115. The molecule has 2 N–H and O–H groups in total. The van der Waals surface area contributed by atoms with Crippen molar-refractivity contribution in [3.63, 3.8) is 0 Å². The summed E-state index contributed by atoms with van der Waals surface area (Å²) in [4.78, 5) is 22.8. The van der Waals surface area contributed by atoms with Gasteiger partial charge < -0.3 is 9.84 Å². The second kappa shape index (κ2) is 5.66. The Morgan fingerprint density at radius 2 is 2.21 bits per heavy atom. The normalized spacial score (nSPS) is 16.8. The van der Waals surface area contributed by atoms with Gasteiger partial charge in [0, 0.05) is 4.47 Å². The average Bonchev–Trinajstić information content (AvgIpc) is 2.64. The fraction of sp³-hybridized carbons (Fsp3) is 0.167. The number of thioether (sulfide) groups is 1. The Balaban J connectivity index is 2.39. The Morgan fingerprint density at radius 1 is 1.47 bits per heavy atom. The Bertz CT molecular complexity index is 585. The van der Waals surface area contributed by atoms with Crippen molar-refractivity contribution in [1.82, 2.24) is 5.32 Å². The number of hydrogen-bond acceptors (Lipinski definition) is 5. The van der Waals surface area contributed by atoms with Crippen LogP contribution in [0.2, 0.25) is 0 Å². The van der Waals surface area contributed by atoms with Crippen molar-refractivity contribution >= 4 is 44.9 Å². The first-order chi connectivity index (χ1) is 9.01. The van der Waals surface area contributed by atoms with Crippen LogP contribution in [-0.4, -0.2) is 22.9 Å². The third-order valence-electron chi connectivity index (χ3n) is 2.31. The van der Waals surface area contributed by atoms with Gasteiger partial charge in [-0.25, -0.2) is 0 Å². The van der Waals surface area contributed by atoms with Crippen molar-refractivity contribution in [1.29, 1.82) is 0 Å². The third kappa shape index (κ3) is 3.10. The van der Waals surface area contributed by atoms with Crippen molar-refractivity contribution in [2.24, 2.45) is 0 Å². The van der Waals surface area contributed by atoms with E-state index in [2.05, 4.69) is 21.2 Å². The smallest absolute Gasteiger partial charge is 0.290 e. The number of aromatic hydroxyl groups is 1. The molecule has 100 valence electrons. The maximum atomic E-state index is 11.5. The summed E-state index contributed by atoms with van der Waals surface area (Å²) >= 11 is 4.13. The molecule has 0 atom stereocenters. The highest BCUT2D eigenvalue weighted by Gasteiger charge is 2.25. The minimum absolute atomic E-state index is 0.00970. The van der Waals surface area contributed by atoms with E-state index in [0.29, 0.717) is 27.3 Å². The van der Waals surface area contributed by atoms with Crippen LogP contribution in [0.3, 0.4) is 0 Å². The van der Waals surface area contributed by atoms with Crippen molar-refractivity contribution in [2.45, 2.75) is 6.92 Å².